The molecule has 160 valence electrons. The van der Waals surface area contributed by atoms with Crippen LogP contribution in [0.4, 0.5) is 0 Å². The van der Waals surface area contributed by atoms with Crippen molar-refractivity contribution in [2.45, 2.75) is 96.5 Å². The molecule has 3 rings (SSSR count). The van der Waals surface area contributed by atoms with Crippen molar-refractivity contribution in [3.8, 4) is 0 Å². The van der Waals surface area contributed by atoms with E-state index in [1.54, 1.807) is 0 Å². The van der Waals surface area contributed by atoms with Crippen molar-refractivity contribution in [3.63, 3.8) is 0 Å². The molecule has 0 aromatic heterocycles. The van der Waals surface area contributed by atoms with Crippen molar-refractivity contribution in [2.24, 2.45) is 5.92 Å². The molecule has 3 fully saturated rings. The Labute approximate surface area is 166 Å². The third-order valence-electron chi connectivity index (χ3n) is 4.95. The molecular formula is C20H33NO7. The van der Waals surface area contributed by atoms with Gasteiger partial charge in [-0.05, 0) is 41.5 Å². The van der Waals surface area contributed by atoms with Crippen LogP contribution in [0, 0.1) is 5.92 Å². The molecule has 3 saturated heterocycles. The van der Waals surface area contributed by atoms with E-state index in [9.17, 15) is 9.59 Å². The highest BCUT2D eigenvalue weighted by atomic mass is 16.7. The van der Waals surface area contributed by atoms with E-state index in [0.29, 0.717) is 13.0 Å². The summed E-state index contributed by atoms with van der Waals surface area (Å²) in [5.41, 5.74) is -0.736. The number of carbonyl (C=O) groups excluding carboxylic acids is 2. The molecule has 8 heteroatoms. The van der Waals surface area contributed by atoms with E-state index in [2.05, 4.69) is 0 Å². The van der Waals surface area contributed by atoms with Gasteiger partial charge in [-0.2, -0.15) is 5.06 Å². The Balaban J connectivity index is 1.77. The number of fused-ring (bicyclic) bond motifs is 3. The molecular weight excluding hydrogens is 366 g/mol. The summed E-state index contributed by atoms with van der Waals surface area (Å²) in [5, 5.41) is 1.83. The maximum atomic E-state index is 12.8. The third kappa shape index (κ3) is 4.84. The Morgan fingerprint density at radius 1 is 1.14 bits per heavy atom. The van der Waals surface area contributed by atoms with Crippen LogP contribution in [0.15, 0.2) is 0 Å². The van der Waals surface area contributed by atoms with Crippen molar-refractivity contribution in [3.05, 3.63) is 0 Å². The van der Waals surface area contributed by atoms with Crippen LogP contribution in [0.3, 0.4) is 0 Å². The number of ether oxygens (including phenoxy) is 4. The quantitative estimate of drug-likeness (QED) is 0.663. The van der Waals surface area contributed by atoms with E-state index in [1.165, 1.54) is 6.92 Å². The van der Waals surface area contributed by atoms with E-state index >= 15 is 0 Å². The minimum atomic E-state index is -0.485. The van der Waals surface area contributed by atoms with Crippen LogP contribution in [0.25, 0.3) is 0 Å². The van der Waals surface area contributed by atoms with Crippen LogP contribution >= 0.6 is 0 Å². The van der Waals surface area contributed by atoms with Crippen LogP contribution in [-0.2, 0) is 33.4 Å². The highest BCUT2D eigenvalue weighted by molar-refractivity contribution is 5.76. The number of cyclic esters (lactones) is 1. The van der Waals surface area contributed by atoms with E-state index in [1.807, 2.05) is 46.6 Å². The van der Waals surface area contributed by atoms with Gasteiger partial charge in [0.05, 0.1) is 29.9 Å². The van der Waals surface area contributed by atoms with Crippen molar-refractivity contribution in [1.82, 2.24) is 5.06 Å². The normalized spacial score (nSPS) is 36.0. The zero-order valence-electron chi connectivity index (χ0n) is 17.9. The Morgan fingerprint density at radius 2 is 1.79 bits per heavy atom. The van der Waals surface area contributed by atoms with Crippen molar-refractivity contribution < 1.29 is 33.4 Å². The first kappa shape index (κ1) is 21.5. The molecule has 0 saturated carbocycles. The zero-order chi connectivity index (χ0) is 20.9. The minimum Gasteiger partial charge on any atom is -0.462 e. The maximum absolute atomic E-state index is 12.8. The van der Waals surface area contributed by atoms with Gasteiger partial charge in [0.2, 0.25) is 0 Å². The highest BCUT2D eigenvalue weighted by Gasteiger charge is 2.61. The zero-order valence-corrected chi connectivity index (χ0v) is 17.9. The van der Waals surface area contributed by atoms with Crippen LogP contribution in [0.2, 0.25) is 0 Å². The maximum Gasteiger partial charge on any atom is 0.313 e. The van der Waals surface area contributed by atoms with Gasteiger partial charge in [-0.3, -0.25) is 14.4 Å². The Bertz CT molecular complexity index is 609. The van der Waals surface area contributed by atoms with Crippen LogP contribution in [0.1, 0.15) is 54.9 Å². The van der Waals surface area contributed by atoms with Crippen molar-refractivity contribution in [1.29, 1.82) is 0 Å². The number of hydrogen-bond donors (Lipinski definition) is 0. The van der Waals surface area contributed by atoms with Gasteiger partial charge in [-0.15, -0.1) is 0 Å². The average molecular weight is 399 g/mol. The molecule has 0 bridgehead atoms. The fourth-order valence-electron chi connectivity index (χ4n) is 4.20. The number of hydroxylamine groups is 2. The monoisotopic (exact) mass is 399 g/mol. The summed E-state index contributed by atoms with van der Waals surface area (Å²) in [6.07, 6.45) is -0.831. The number of rotatable bonds is 4. The number of esters is 2. The molecule has 0 amide bonds. The predicted octanol–water partition coefficient (Wildman–Crippen LogP) is 1.85. The van der Waals surface area contributed by atoms with Gasteiger partial charge < -0.3 is 18.9 Å². The first-order chi connectivity index (χ1) is 12.8. The Kier molecular flexibility index (Phi) is 5.80. The highest BCUT2D eigenvalue weighted by Crippen LogP contribution is 2.44. The smallest absolute Gasteiger partial charge is 0.313 e. The van der Waals surface area contributed by atoms with E-state index in [0.717, 1.165) is 0 Å². The second-order valence-electron chi connectivity index (χ2n) is 9.82. The molecule has 0 N–H and O–H groups in total. The van der Waals surface area contributed by atoms with E-state index in [-0.39, 0.29) is 42.5 Å². The summed E-state index contributed by atoms with van der Waals surface area (Å²) >= 11 is 0. The second-order valence-corrected chi connectivity index (χ2v) is 9.82. The molecule has 3 aliphatic heterocycles. The topological polar surface area (TPSA) is 83.5 Å². The van der Waals surface area contributed by atoms with Gasteiger partial charge in [0.25, 0.3) is 0 Å². The fraction of sp³-hybridized carbons (Fsp3) is 0.900. The van der Waals surface area contributed by atoms with Gasteiger partial charge in [0, 0.05) is 13.3 Å². The predicted molar refractivity (Wildman–Crippen MR) is 99.2 cm³/mol. The minimum absolute atomic E-state index is 0.0516. The van der Waals surface area contributed by atoms with Crippen LogP contribution in [0.5, 0.6) is 0 Å². The summed E-state index contributed by atoms with van der Waals surface area (Å²) < 4.78 is 23.1. The van der Waals surface area contributed by atoms with Gasteiger partial charge in [-0.1, -0.05) is 0 Å². The summed E-state index contributed by atoms with van der Waals surface area (Å²) in [7, 11) is 0. The molecule has 0 aromatic rings. The lowest BCUT2D eigenvalue weighted by Crippen LogP contribution is -2.51. The summed E-state index contributed by atoms with van der Waals surface area (Å²) in [6.45, 7) is 13.9. The van der Waals surface area contributed by atoms with Crippen LogP contribution < -0.4 is 0 Å². The largest absolute Gasteiger partial charge is 0.462 e. The van der Waals surface area contributed by atoms with Crippen LogP contribution in [-0.4, -0.2) is 71.8 Å². The second kappa shape index (κ2) is 7.55. The molecule has 0 radical (unpaired) electrons. The molecule has 3 heterocycles. The number of hydrogen-bond acceptors (Lipinski definition) is 8. The lowest BCUT2D eigenvalue weighted by atomic mass is 9.86. The van der Waals surface area contributed by atoms with Gasteiger partial charge in [-0.25, -0.2) is 0 Å². The molecule has 28 heavy (non-hydrogen) atoms. The molecule has 3 aliphatic rings. The van der Waals surface area contributed by atoms with Crippen molar-refractivity contribution >= 4 is 11.9 Å². The summed E-state index contributed by atoms with van der Waals surface area (Å²) in [4.78, 5) is 30.0. The molecule has 0 aliphatic carbocycles. The third-order valence-corrected chi connectivity index (χ3v) is 4.95. The lowest BCUT2D eigenvalue weighted by molar-refractivity contribution is -0.193. The summed E-state index contributed by atoms with van der Waals surface area (Å²) in [5.74, 6) is -1.18. The van der Waals surface area contributed by atoms with E-state index in [4.69, 9.17) is 23.8 Å². The van der Waals surface area contributed by atoms with E-state index < -0.39 is 23.6 Å². The standard InChI is InChI=1S/C20H33NO7/c1-11(22)24-10-12-8-13-15(18(23)25-12)16-17(27-20(5,6)7)14(9-21(16)28-13)26-19(2,3)4/h12-17H,8-10H2,1-7H3/t12-,13-,14+,15+,16+,17-/m1/s1. The van der Waals surface area contributed by atoms with Gasteiger partial charge in [0.15, 0.2) is 0 Å². The molecule has 0 unspecified atom stereocenters. The van der Waals surface area contributed by atoms with Gasteiger partial charge >= 0.3 is 11.9 Å². The Hall–Kier alpha value is -1.22. The lowest BCUT2D eigenvalue weighted by Gasteiger charge is -2.37. The molecule has 0 spiro atoms. The Morgan fingerprint density at radius 3 is 2.36 bits per heavy atom. The molecule has 8 nitrogen and oxygen atoms in total. The summed E-state index contributed by atoms with van der Waals surface area (Å²) in [6, 6.07) is -0.265. The SMILES string of the molecule is CC(=O)OC[C@H]1C[C@H]2ON3C[C@H](OC(C)(C)C)[C@@H](OC(C)(C)C)[C@@H]3[C@H]2C(=O)O1. The van der Waals surface area contributed by atoms with Gasteiger partial charge in [0.1, 0.15) is 30.8 Å². The number of carbonyl (C=O) groups is 2. The van der Waals surface area contributed by atoms with Crippen molar-refractivity contribution in [2.75, 3.05) is 13.2 Å². The fourth-order valence-corrected chi connectivity index (χ4v) is 4.20. The molecule has 6 atom stereocenters. The average Bonchev–Trinajstić information content (AvgIpc) is 2.99. The first-order valence-electron chi connectivity index (χ1n) is 9.97. The number of nitrogens with zero attached hydrogens (tertiary/aromatic N) is 1. The molecule has 0 aromatic carbocycles. The first-order valence-corrected chi connectivity index (χ1v) is 9.97.